The van der Waals surface area contributed by atoms with E-state index in [1.165, 1.54) is 198 Å². The predicted molar refractivity (Wildman–Crippen MR) is 466 cm³/mol. The van der Waals surface area contributed by atoms with E-state index in [2.05, 4.69) is 410 Å². The van der Waals surface area contributed by atoms with Crippen LogP contribution >= 0.6 is 0 Å². The Morgan fingerprint density at radius 2 is 0.537 bits per heavy atom. The van der Waals surface area contributed by atoms with Gasteiger partial charge in [-0.05, 0) is 137 Å². The first-order valence-electron chi connectivity index (χ1n) is 38.0. The highest BCUT2D eigenvalue weighted by Gasteiger charge is 2.38. The summed E-state index contributed by atoms with van der Waals surface area (Å²) in [5.41, 5.74) is 37.7. The number of hydrogen-bond donors (Lipinski definition) is 0. The van der Waals surface area contributed by atoms with Gasteiger partial charge in [-0.3, -0.25) is 0 Å². The lowest BCUT2D eigenvalue weighted by molar-refractivity contribution is 1.18. The molecule has 8 heteroatoms. The number of para-hydroxylation sites is 9. The number of fused-ring (bicyclic) bond motifs is 20. The summed E-state index contributed by atoms with van der Waals surface area (Å²) in [6, 6.07) is 133. The fraction of sp³-hybridized carbons (Fsp3) is 0.0400. The van der Waals surface area contributed by atoms with Crippen LogP contribution in [-0.4, -0.2) is 45.1 Å². The van der Waals surface area contributed by atoms with Crippen molar-refractivity contribution in [3.63, 3.8) is 0 Å². The Kier molecular flexibility index (Phi) is 14.9. The zero-order valence-corrected chi connectivity index (χ0v) is 60.7. The highest BCUT2D eigenvalue weighted by molar-refractivity contribution is 7.00. The average molecular weight is 1370 g/mol. The van der Waals surface area contributed by atoms with Gasteiger partial charge in [-0.25, -0.2) is 0 Å². The highest BCUT2D eigenvalue weighted by Crippen LogP contribution is 2.39. The largest absolute Gasteiger partial charge is 0.310 e. The van der Waals surface area contributed by atoms with Gasteiger partial charge in [0.15, 0.2) is 0 Å². The Balaban J connectivity index is 0.0000000919. The van der Waals surface area contributed by atoms with E-state index in [0.717, 1.165) is 0 Å². The normalized spacial score (nSPS) is 12.6. The lowest BCUT2D eigenvalue weighted by Crippen LogP contribution is -2.55. The summed E-state index contributed by atoms with van der Waals surface area (Å²) < 4.78 is 9.90. The molecule has 0 radical (unpaired) electrons. The molecule has 0 atom stereocenters. The fourth-order valence-electron chi connectivity index (χ4n) is 19.4. The minimum atomic E-state index is 0.265. The van der Waals surface area contributed by atoms with Crippen LogP contribution in [0.3, 0.4) is 0 Å². The molecule has 0 N–H and O–H groups in total. The van der Waals surface area contributed by atoms with E-state index in [1.54, 1.807) is 0 Å². The first kappa shape index (κ1) is 63.5. The Morgan fingerprint density at radius 3 is 1.06 bits per heavy atom. The zero-order chi connectivity index (χ0) is 71.8. The molecule has 0 bridgehead atoms. The third-order valence-electron chi connectivity index (χ3n) is 23.7. The molecule has 4 aliphatic heterocycles. The van der Waals surface area contributed by atoms with Crippen LogP contribution in [0.4, 0.5) is 0 Å². The molecule has 0 amide bonds. The maximum atomic E-state index is 2.49. The Hall–Kier alpha value is -13.0. The third kappa shape index (κ3) is 9.69. The summed E-state index contributed by atoms with van der Waals surface area (Å²) in [6.07, 6.45) is 0. The van der Waals surface area contributed by atoms with Gasteiger partial charge in [0.25, 0.3) is 0 Å². The van der Waals surface area contributed by atoms with Crippen molar-refractivity contribution in [2.75, 3.05) is 0 Å². The Bertz CT molecular complexity index is 6970. The topological polar surface area (TPSA) is 19.7 Å². The molecule has 4 aliphatic rings. The minimum absolute atomic E-state index is 0.265. The van der Waals surface area contributed by atoms with Crippen molar-refractivity contribution in [1.82, 2.24) is 18.3 Å². The van der Waals surface area contributed by atoms with Gasteiger partial charge < -0.3 is 18.3 Å². The first-order valence-corrected chi connectivity index (χ1v) is 38.0. The van der Waals surface area contributed by atoms with Crippen LogP contribution < -0.4 is 65.6 Å². The van der Waals surface area contributed by atoms with E-state index in [-0.39, 0.29) is 26.9 Å². The smallest absolute Gasteiger partial charge is 0.246 e. The van der Waals surface area contributed by atoms with E-state index < -0.39 is 0 Å². The highest BCUT2D eigenvalue weighted by atomic mass is 15.0. The summed E-state index contributed by atoms with van der Waals surface area (Å²) in [6.45, 7) is 9.90. The van der Waals surface area contributed by atoms with Gasteiger partial charge in [0.1, 0.15) is 0 Å². The van der Waals surface area contributed by atoms with Crippen molar-refractivity contribution in [2.24, 2.45) is 0 Å². The van der Waals surface area contributed by atoms with Crippen molar-refractivity contribution in [3.05, 3.63) is 386 Å². The minimum Gasteiger partial charge on any atom is -0.310 e. The number of hydrogen-bond acceptors (Lipinski definition) is 0. The van der Waals surface area contributed by atoms with E-state index >= 15 is 0 Å². The molecule has 4 nitrogen and oxygen atoms in total. The molecule has 504 valence electrons. The molecule has 0 spiro atoms. The molecule has 8 heterocycles. The summed E-state index contributed by atoms with van der Waals surface area (Å²) in [5.74, 6) is 0. The summed E-state index contributed by atoms with van der Waals surface area (Å²) >= 11 is 0. The maximum Gasteiger partial charge on any atom is 0.246 e. The van der Waals surface area contributed by atoms with Crippen LogP contribution in [0.5, 0.6) is 0 Å². The second-order valence-electron chi connectivity index (χ2n) is 29.9. The predicted octanol–water partition coefficient (Wildman–Crippen LogP) is 15.7. The van der Waals surface area contributed by atoms with Crippen molar-refractivity contribution in [3.8, 4) is 22.7 Å². The fourth-order valence-corrected chi connectivity index (χ4v) is 19.4. The van der Waals surface area contributed by atoms with Gasteiger partial charge >= 0.3 is 0 Å². The van der Waals surface area contributed by atoms with Crippen LogP contribution in [0.1, 0.15) is 22.3 Å². The molecule has 0 fully saturated rings. The lowest BCUT2D eigenvalue weighted by Gasteiger charge is -2.27. The molecule has 0 unspecified atom stereocenters. The van der Waals surface area contributed by atoms with Crippen LogP contribution in [-0.2, 0) is 0 Å². The van der Waals surface area contributed by atoms with Crippen LogP contribution in [0.25, 0.3) is 110 Å². The standard InChI is InChI=1S/4C25H18BN/c1-17-15-20-19-11-5-7-13-23(19)27-24-14-8-6-12-21(24)26(22(16-17)25(20)27)18-9-3-2-4-10-18;1-17-15-16-21-25-24(17)19-11-5-7-13-22(19)27(25)23-14-8-6-12-20(23)26(21)18-9-3-2-4-10-18;1-17-9-7-12-19-20-13-8-15-22-25(20)27(24(17)19)23-16-6-5-14-21(23)26(22)18-10-3-2-4-11-18;1-17-14-15-19-20-10-7-12-22-25(20)27(24(19)16-17)23-13-6-5-11-21(23)26(22)18-8-3-2-4-9-18/h4*2-16H,1H3. The van der Waals surface area contributed by atoms with Gasteiger partial charge in [-0.1, -0.05) is 343 Å². The summed E-state index contributed by atoms with van der Waals surface area (Å²) in [5, 5.41) is 10.8. The van der Waals surface area contributed by atoms with Gasteiger partial charge in [0.05, 0.1) is 22.1 Å². The van der Waals surface area contributed by atoms with Crippen molar-refractivity contribution in [2.45, 2.75) is 27.7 Å². The lowest BCUT2D eigenvalue weighted by atomic mass is 9.35. The molecule has 20 aromatic rings. The number of benzene rings is 16. The van der Waals surface area contributed by atoms with Gasteiger partial charge in [0, 0.05) is 87.9 Å². The van der Waals surface area contributed by atoms with Gasteiger partial charge in [0.2, 0.25) is 26.9 Å². The van der Waals surface area contributed by atoms with Crippen molar-refractivity contribution >= 4 is 180 Å². The van der Waals surface area contributed by atoms with Crippen molar-refractivity contribution in [1.29, 1.82) is 0 Å². The number of nitrogens with zero attached hydrogens (tertiary/aromatic N) is 4. The molecule has 0 saturated carbocycles. The van der Waals surface area contributed by atoms with E-state index in [1.807, 2.05) is 0 Å². The second kappa shape index (κ2) is 25.4. The van der Waals surface area contributed by atoms with Crippen LogP contribution in [0.2, 0.25) is 0 Å². The average Bonchev–Trinajstić information content (AvgIpc) is 1.56. The monoisotopic (exact) mass is 1370 g/mol. The van der Waals surface area contributed by atoms with E-state index in [0.29, 0.717) is 0 Å². The number of aryl methyl sites for hydroxylation is 4. The van der Waals surface area contributed by atoms with E-state index in [4.69, 9.17) is 0 Å². The van der Waals surface area contributed by atoms with Crippen LogP contribution in [0.15, 0.2) is 364 Å². The van der Waals surface area contributed by atoms with Crippen LogP contribution in [0, 0.1) is 27.7 Å². The zero-order valence-electron chi connectivity index (χ0n) is 60.7. The molecule has 24 rings (SSSR count). The maximum absolute atomic E-state index is 2.49. The molecule has 108 heavy (non-hydrogen) atoms. The molecule has 0 saturated heterocycles. The summed E-state index contributed by atoms with van der Waals surface area (Å²) in [4.78, 5) is 0. The van der Waals surface area contributed by atoms with E-state index in [9.17, 15) is 0 Å². The third-order valence-corrected chi connectivity index (χ3v) is 23.7. The quantitative estimate of drug-likeness (QED) is 0.157. The Morgan fingerprint density at radius 1 is 0.185 bits per heavy atom. The SMILES string of the molecule is Cc1cc2c3c(c1)c1ccccc1n3-c1ccccc1B2c1ccccc1.Cc1ccc2c3c1c1ccccc1n3-c1ccccc1B2c1ccccc1.Cc1ccc2c3cccc4c3n(c2c1)-c1ccccc1B4c1ccccc1.Cc1cccc2c3cccc4c3n(c12)-c1ccccc1B4c1ccccc1. The second-order valence-corrected chi connectivity index (χ2v) is 29.9. The molecular formula is C100H72B4N4. The molecule has 4 aromatic heterocycles. The molecule has 0 aliphatic carbocycles. The number of rotatable bonds is 4. The van der Waals surface area contributed by atoms with Gasteiger partial charge in [-0.2, -0.15) is 0 Å². The molecular weight excluding hydrogens is 1300 g/mol. The summed E-state index contributed by atoms with van der Waals surface area (Å²) in [7, 11) is 0. The van der Waals surface area contributed by atoms with Crippen molar-refractivity contribution < 1.29 is 0 Å². The molecule has 16 aromatic carbocycles. The number of aromatic nitrogens is 4. The van der Waals surface area contributed by atoms with Gasteiger partial charge in [-0.15, -0.1) is 0 Å². The Labute approximate surface area is 630 Å². The first-order chi connectivity index (χ1) is 53.3.